The number of nitrogen functional groups attached to an aromatic ring is 1. The Morgan fingerprint density at radius 3 is 3.06 bits per heavy atom. The Labute approximate surface area is 103 Å². The molecule has 0 radical (unpaired) electrons. The SMILES string of the molecule is CNc1nc(N)c(C(=O)N2CCC(CO)C2)s1. The second-order valence-electron chi connectivity index (χ2n) is 4.07. The third-order valence-corrected chi connectivity index (χ3v) is 3.97. The molecule has 6 nitrogen and oxygen atoms in total. The highest BCUT2D eigenvalue weighted by Crippen LogP contribution is 2.28. The third-order valence-electron chi connectivity index (χ3n) is 2.89. The van der Waals surface area contributed by atoms with Gasteiger partial charge in [-0.1, -0.05) is 11.3 Å². The van der Waals surface area contributed by atoms with Crippen LogP contribution >= 0.6 is 11.3 Å². The molecule has 1 aliphatic heterocycles. The van der Waals surface area contributed by atoms with Crippen LogP contribution < -0.4 is 11.1 Å². The third kappa shape index (κ3) is 2.34. The molecule has 94 valence electrons. The van der Waals surface area contributed by atoms with Gasteiger partial charge in [0.15, 0.2) is 5.13 Å². The van der Waals surface area contributed by atoms with Crippen molar-refractivity contribution in [2.45, 2.75) is 6.42 Å². The van der Waals surface area contributed by atoms with Crippen LogP contribution in [0.25, 0.3) is 0 Å². The largest absolute Gasteiger partial charge is 0.396 e. The number of carbonyl (C=O) groups excluding carboxylic acids is 1. The molecule has 1 aromatic heterocycles. The first kappa shape index (κ1) is 12.1. The molecule has 0 spiro atoms. The van der Waals surface area contributed by atoms with E-state index in [-0.39, 0.29) is 24.2 Å². The van der Waals surface area contributed by atoms with Crippen molar-refractivity contribution in [2.24, 2.45) is 5.92 Å². The molecule has 2 rings (SSSR count). The zero-order valence-corrected chi connectivity index (χ0v) is 10.5. The van der Waals surface area contributed by atoms with Gasteiger partial charge in [-0.2, -0.15) is 0 Å². The van der Waals surface area contributed by atoms with Gasteiger partial charge in [-0.3, -0.25) is 4.79 Å². The Morgan fingerprint density at radius 2 is 2.53 bits per heavy atom. The van der Waals surface area contributed by atoms with Crippen molar-refractivity contribution in [1.29, 1.82) is 0 Å². The van der Waals surface area contributed by atoms with E-state index < -0.39 is 0 Å². The van der Waals surface area contributed by atoms with Gasteiger partial charge in [-0.05, 0) is 6.42 Å². The van der Waals surface area contributed by atoms with Crippen LogP contribution in [0.5, 0.6) is 0 Å². The summed E-state index contributed by atoms with van der Waals surface area (Å²) in [7, 11) is 1.74. The first-order chi connectivity index (χ1) is 8.15. The number of nitrogens with two attached hydrogens (primary N) is 1. The summed E-state index contributed by atoms with van der Waals surface area (Å²) in [6, 6.07) is 0. The van der Waals surface area contributed by atoms with Crippen LogP contribution in [0.2, 0.25) is 0 Å². The van der Waals surface area contributed by atoms with Crippen LogP contribution in [-0.4, -0.2) is 47.6 Å². The minimum absolute atomic E-state index is 0.0857. The van der Waals surface area contributed by atoms with Crippen molar-refractivity contribution in [1.82, 2.24) is 9.88 Å². The van der Waals surface area contributed by atoms with E-state index in [1.165, 1.54) is 11.3 Å². The van der Waals surface area contributed by atoms with E-state index in [1.54, 1.807) is 11.9 Å². The van der Waals surface area contributed by atoms with E-state index in [0.29, 0.717) is 23.1 Å². The van der Waals surface area contributed by atoms with E-state index >= 15 is 0 Å². The highest BCUT2D eigenvalue weighted by Gasteiger charge is 2.29. The van der Waals surface area contributed by atoms with Gasteiger partial charge in [-0.15, -0.1) is 0 Å². The second kappa shape index (κ2) is 4.89. The number of hydrogen-bond donors (Lipinski definition) is 3. The van der Waals surface area contributed by atoms with Gasteiger partial charge in [0.2, 0.25) is 0 Å². The molecule has 1 fully saturated rings. The van der Waals surface area contributed by atoms with E-state index in [9.17, 15) is 4.79 Å². The number of anilines is 2. The number of aromatic nitrogens is 1. The normalized spacial score (nSPS) is 19.6. The van der Waals surface area contributed by atoms with Crippen molar-refractivity contribution in [3.05, 3.63) is 4.88 Å². The molecule has 1 saturated heterocycles. The Kier molecular flexibility index (Phi) is 3.49. The maximum absolute atomic E-state index is 12.2. The minimum Gasteiger partial charge on any atom is -0.396 e. The van der Waals surface area contributed by atoms with Crippen molar-refractivity contribution in [2.75, 3.05) is 37.8 Å². The molecule has 7 heteroatoms. The maximum atomic E-state index is 12.2. The average molecular weight is 256 g/mol. The molecule has 0 bridgehead atoms. The summed E-state index contributed by atoms with van der Waals surface area (Å²) < 4.78 is 0. The molecule has 0 aliphatic carbocycles. The van der Waals surface area contributed by atoms with E-state index in [2.05, 4.69) is 10.3 Å². The second-order valence-corrected chi connectivity index (χ2v) is 5.07. The number of nitrogens with zero attached hydrogens (tertiary/aromatic N) is 2. The molecule has 0 saturated carbocycles. The monoisotopic (exact) mass is 256 g/mol. The number of amides is 1. The van der Waals surface area contributed by atoms with Gasteiger partial charge >= 0.3 is 0 Å². The molecule has 4 N–H and O–H groups in total. The van der Waals surface area contributed by atoms with Gasteiger partial charge in [-0.25, -0.2) is 4.98 Å². The Balaban J connectivity index is 2.11. The Morgan fingerprint density at radius 1 is 1.76 bits per heavy atom. The van der Waals surface area contributed by atoms with Gasteiger partial charge < -0.3 is 21.1 Å². The van der Waals surface area contributed by atoms with Gasteiger partial charge in [0, 0.05) is 32.7 Å². The topological polar surface area (TPSA) is 91.5 Å². The first-order valence-corrected chi connectivity index (χ1v) is 6.31. The molecule has 1 amide bonds. The lowest BCUT2D eigenvalue weighted by molar-refractivity contribution is 0.0787. The molecule has 1 aromatic rings. The lowest BCUT2D eigenvalue weighted by Gasteiger charge is -2.14. The fraction of sp³-hybridized carbons (Fsp3) is 0.600. The zero-order valence-electron chi connectivity index (χ0n) is 9.64. The van der Waals surface area contributed by atoms with Gasteiger partial charge in [0.1, 0.15) is 10.7 Å². The minimum atomic E-state index is -0.0857. The predicted molar refractivity (Wildman–Crippen MR) is 67.2 cm³/mol. The van der Waals surface area contributed by atoms with E-state index in [4.69, 9.17) is 10.8 Å². The van der Waals surface area contributed by atoms with E-state index in [1.807, 2.05) is 0 Å². The average Bonchev–Trinajstić information content (AvgIpc) is 2.94. The Hall–Kier alpha value is -1.34. The number of hydrogen-bond acceptors (Lipinski definition) is 6. The highest BCUT2D eigenvalue weighted by molar-refractivity contribution is 7.18. The molecular weight excluding hydrogens is 240 g/mol. The van der Waals surface area contributed by atoms with Crippen molar-refractivity contribution in [3.8, 4) is 0 Å². The summed E-state index contributed by atoms with van der Waals surface area (Å²) >= 11 is 1.26. The lowest BCUT2D eigenvalue weighted by Crippen LogP contribution is -2.29. The number of rotatable bonds is 3. The lowest BCUT2D eigenvalue weighted by atomic mass is 10.1. The molecule has 17 heavy (non-hydrogen) atoms. The standard InChI is InChI=1S/C10H16N4O2S/c1-12-10-13-8(11)7(17-10)9(16)14-3-2-6(4-14)5-15/h6,15H,2-5,11H2,1H3,(H,12,13). The molecule has 0 aromatic carbocycles. The number of likely N-dealkylation sites (tertiary alicyclic amines) is 1. The molecule has 2 heterocycles. The van der Waals surface area contributed by atoms with Crippen LogP contribution in [0.4, 0.5) is 10.9 Å². The number of thiazole rings is 1. The number of aliphatic hydroxyl groups is 1. The van der Waals surface area contributed by atoms with Crippen LogP contribution in [-0.2, 0) is 0 Å². The van der Waals surface area contributed by atoms with Crippen molar-refractivity contribution < 1.29 is 9.90 Å². The summed E-state index contributed by atoms with van der Waals surface area (Å²) in [5.74, 6) is 0.381. The van der Waals surface area contributed by atoms with Crippen LogP contribution in [0, 0.1) is 5.92 Å². The summed E-state index contributed by atoms with van der Waals surface area (Å²) in [5, 5.41) is 12.6. The summed E-state index contributed by atoms with van der Waals surface area (Å²) in [4.78, 5) is 18.4. The summed E-state index contributed by atoms with van der Waals surface area (Å²) in [6.07, 6.45) is 0.847. The summed E-state index contributed by atoms with van der Waals surface area (Å²) in [5.41, 5.74) is 5.72. The number of aliphatic hydroxyl groups excluding tert-OH is 1. The fourth-order valence-electron chi connectivity index (χ4n) is 1.90. The van der Waals surface area contributed by atoms with Crippen LogP contribution in [0.3, 0.4) is 0 Å². The smallest absolute Gasteiger partial charge is 0.267 e. The predicted octanol–water partition coefficient (Wildman–Crippen LogP) is 0.221. The van der Waals surface area contributed by atoms with Crippen LogP contribution in [0.15, 0.2) is 0 Å². The number of nitrogens with one attached hydrogen (secondary N) is 1. The Bertz CT molecular complexity index is 420. The van der Waals surface area contributed by atoms with Gasteiger partial charge in [0.25, 0.3) is 5.91 Å². The van der Waals surface area contributed by atoms with E-state index in [0.717, 1.165) is 6.42 Å². The fourth-order valence-corrected chi connectivity index (χ4v) is 2.71. The van der Waals surface area contributed by atoms with Crippen LogP contribution in [0.1, 0.15) is 16.1 Å². The molecule has 1 aliphatic rings. The quantitative estimate of drug-likeness (QED) is 0.719. The summed E-state index contributed by atoms with van der Waals surface area (Å²) in [6.45, 7) is 1.40. The van der Waals surface area contributed by atoms with Crippen molar-refractivity contribution >= 4 is 28.2 Å². The molecule has 1 unspecified atom stereocenters. The molecule has 1 atom stereocenters. The molecular formula is C10H16N4O2S. The maximum Gasteiger partial charge on any atom is 0.267 e. The zero-order chi connectivity index (χ0) is 12.4. The van der Waals surface area contributed by atoms with Crippen molar-refractivity contribution in [3.63, 3.8) is 0 Å². The number of carbonyl (C=O) groups is 1. The van der Waals surface area contributed by atoms with Gasteiger partial charge in [0.05, 0.1) is 0 Å². The highest BCUT2D eigenvalue weighted by atomic mass is 32.1. The first-order valence-electron chi connectivity index (χ1n) is 5.50.